The normalized spacial score (nSPS) is 9.88. The van der Waals surface area contributed by atoms with Gasteiger partial charge in [-0.15, -0.1) is 6.42 Å². The molecule has 2 rings (SSSR count). The molecule has 0 atom stereocenters. The fraction of sp³-hybridized carbons (Fsp3) is 0.0769. The fourth-order valence-corrected chi connectivity index (χ4v) is 1.85. The molecular formula is C13H9BrN2O. The van der Waals surface area contributed by atoms with Gasteiger partial charge in [0.05, 0.1) is 5.69 Å². The maximum absolute atomic E-state index is 11.5. The molecule has 0 amide bonds. The highest BCUT2D eigenvalue weighted by molar-refractivity contribution is 9.10. The zero-order valence-corrected chi connectivity index (χ0v) is 10.5. The molecule has 0 fully saturated rings. The van der Waals surface area contributed by atoms with E-state index in [4.69, 9.17) is 6.42 Å². The predicted octanol–water partition coefficient (Wildman–Crippen LogP) is 2.31. The first kappa shape index (κ1) is 11.6. The summed E-state index contributed by atoms with van der Waals surface area (Å²) in [5.74, 6) is 2.41. The zero-order valence-electron chi connectivity index (χ0n) is 8.93. The number of rotatable bonds is 2. The summed E-state index contributed by atoms with van der Waals surface area (Å²) in [7, 11) is 0. The van der Waals surface area contributed by atoms with Crippen LogP contribution in [0.15, 0.2) is 45.7 Å². The molecule has 3 nitrogen and oxygen atoms in total. The highest BCUT2D eigenvalue weighted by atomic mass is 79.9. The van der Waals surface area contributed by atoms with Gasteiger partial charge in [0.15, 0.2) is 0 Å². The van der Waals surface area contributed by atoms with Crippen LogP contribution in [0.1, 0.15) is 0 Å². The van der Waals surface area contributed by atoms with Crippen LogP contribution >= 0.6 is 15.9 Å². The third-order valence-corrected chi connectivity index (χ3v) is 2.72. The van der Waals surface area contributed by atoms with E-state index in [0.29, 0.717) is 0 Å². The van der Waals surface area contributed by atoms with Gasteiger partial charge in [0.2, 0.25) is 0 Å². The van der Waals surface area contributed by atoms with Crippen LogP contribution in [0.2, 0.25) is 0 Å². The molecule has 0 aliphatic heterocycles. The third kappa shape index (κ3) is 2.63. The Hall–Kier alpha value is -1.86. The Morgan fingerprint density at radius 2 is 2.18 bits per heavy atom. The molecule has 0 spiro atoms. The first-order valence-corrected chi connectivity index (χ1v) is 5.77. The monoisotopic (exact) mass is 288 g/mol. The summed E-state index contributed by atoms with van der Waals surface area (Å²) in [6.07, 6.45) is 5.19. The van der Waals surface area contributed by atoms with Crippen molar-refractivity contribution >= 4 is 15.9 Å². The minimum atomic E-state index is -0.193. The van der Waals surface area contributed by atoms with Gasteiger partial charge in [-0.05, 0) is 18.2 Å². The van der Waals surface area contributed by atoms with Crippen molar-refractivity contribution in [3.63, 3.8) is 0 Å². The summed E-state index contributed by atoms with van der Waals surface area (Å²) in [6.45, 7) is 0.181. The average Bonchev–Trinajstić information content (AvgIpc) is 2.32. The van der Waals surface area contributed by atoms with Crippen LogP contribution in [-0.4, -0.2) is 9.78 Å². The van der Waals surface area contributed by atoms with Crippen LogP contribution in [0.5, 0.6) is 0 Å². The summed E-state index contributed by atoms with van der Waals surface area (Å²) in [5.41, 5.74) is 1.47. The quantitative estimate of drug-likeness (QED) is 0.795. The Morgan fingerprint density at radius 1 is 1.35 bits per heavy atom. The summed E-state index contributed by atoms with van der Waals surface area (Å²) in [6, 6.07) is 10.9. The molecule has 0 unspecified atom stereocenters. The number of benzene rings is 1. The van der Waals surface area contributed by atoms with Gasteiger partial charge in [-0.3, -0.25) is 4.79 Å². The second kappa shape index (κ2) is 4.98. The zero-order chi connectivity index (χ0) is 12.3. The SMILES string of the molecule is C#CCn1nc(-c2cccc(Br)c2)ccc1=O. The predicted molar refractivity (Wildman–Crippen MR) is 70.5 cm³/mol. The standard InChI is InChI=1S/C13H9BrN2O/c1-2-8-16-13(17)7-6-12(15-16)10-4-3-5-11(14)9-10/h1,3-7,9H,8H2. The van der Waals surface area contributed by atoms with Gasteiger partial charge in [0.25, 0.3) is 5.56 Å². The number of halogens is 1. The molecule has 0 saturated carbocycles. The van der Waals surface area contributed by atoms with E-state index in [-0.39, 0.29) is 12.1 Å². The largest absolute Gasteiger partial charge is 0.268 e. The van der Waals surface area contributed by atoms with Gasteiger partial charge in [-0.1, -0.05) is 34.0 Å². The lowest BCUT2D eigenvalue weighted by molar-refractivity contribution is 0.667. The molecule has 0 N–H and O–H groups in total. The highest BCUT2D eigenvalue weighted by Crippen LogP contribution is 2.19. The molecule has 0 saturated heterocycles. The Bertz CT molecular complexity index is 640. The van der Waals surface area contributed by atoms with E-state index < -0.39 is 0 Å². The van der Waals surface area contributed by atoms with Crippen molar-refractivity contribution in [1.29, 1.82) is 0 Å². The number of nitrogens with zero attached hydrogens (tertiary/aromatic N) is 2. The van der Waals surface area contributed by atoms with E-state index in [1.807, 2.05) is 24.3 Å². The summed E-state index contributed by atoms with van der Waals surface area (Å²) in [5, 5.41) is 4.21. The van der Waals surface area contributed by atoms with E-state index in [1.165, 1.54) is 10.7 Å². The van der Waals surface area contributed by atoms with Crippen LogP contribution in [0.4, 0.5) is 0 Å². The van der Waals surface area contributed by atoms with Gasteiger partial charge >= 0.3 is 0 Å². The maximum atomic E-state index is 11.5. The van der Waals surface area contributed by atoms with Crippen LogP contribution in [0.25, 0.3) is 11.3 Å². The van der Waals surface area contributed by atoms with Gasteiger partial charge in [0.1, 0.15) is 6.54 Å². The average molecular weight is 289 g/mol. The lowest BCUT2D eigenvalue weighted by Gasteiger charge is -2.04. The molecule has 1 heterocycles. The van der Waals surface area contributed by atoms with Crippen LogP contribution in [-0.2, 0) is 6.54 Å². The van der Waals surface area contributed by atoms with E-state index >= 15 is 0 Å². The molecular weight excluding hydrogens is 280 g/mol. The van der Waals surface area contributed by atoms with Crippen LogP contribution in [0, 0.1) is 12.3 Å². The number of terminal acetylenes is 1. The molecule has 2 aromatic rings. The van der Waals surface area contributed by atoms with Crippen molar-refractivity contribution in [1.82, 2.24) is 9.78 Å². The van der Waals surface area contributed by atoms with Crippen molar-refractivity contribution in [2.45, 2.75) is 6.54 Å². The van der Waals surface area contributed by atoms with Gasteiger partial charge in [0, 0.05) is 16.1 Å². The molecule has 1 aromatic heterocycles. The lowest BCUT2D eigenvalue weighted by atomic mass is 10.1. The smallest absolute Gasteiger partial charge is 0.267 e. The molecule has 4 heteroatoms. The van der Waals surface area contributed by atoms with Crippen molar-refractivity contribution in [2.75, 3.05) is 0 Å². The molecule has 0 aliphatic rings. The van der Waals surface area contributed by atoms with Crippen molar-refractivity contribution in [3.8, 4) is 23.6 Å². The molecule has 84 valence electrons. The topological polar surface area (TPSA) is 34.9 Å². The Labute approximate surface area is 107 Å². The number of aromatic nitrogens is 2. The van der Waals surface area contributed by atoms with E-state index in [0.717, 1.165) is 15.7 Å². The van der Waals surface area contributed by atoms with Gasteiger partial charge in [-0.2, -0.15) is 5.10 Å². The third-order valence-electron chi connectivity index (χ3n) is 2.23. The maximum Gasteiger partial charge on any atom is 0.267 e. The van der Waals surface area contributed by atoms with E-state index in [9.17, 15) is 4.79 Å². The number of hydrogen-bond donors (Lipinski definition) is 0. The fourth-order valence-electron chi connectivity index (χ4n) is 1.45. The van der Waals surface area contributed by atoms with Crippen molar-refractivity contribution in [2.24, 2.45) is 0 Å². The van der Waals surface area contributed by atoms with Crippen LogP contribution in [0.3, 0.4) is 0 Å². The minimum Gasteiger partial charge on any atom is -0.268 e. The second-order valence-corrected chi connectivity index (χ2v) is 4.34. The Morgan fingerprint density at radius 3 is 2.88 bits per heavy atom. The summed E-state index contributed by atoms with van der Waals surface area (Å²) in [4.78, 5) is 11.5. The Kier molecular flexibility index (Phi) is 3.40. The number of hydrogen-bond acceptors (Lipinski definition) is 2. The lowest BCUT2D eigenvalue weighted by Crippen LogP contribution is -2.21. The first-order chi connectivity index (χ1) is 8.20. The van der Waals surface area contributed by atoms with Gasteiger partial charge in [-0.25, -0.2) is 4.68 Å². The van der Waals surface area contributed by atoms with Crippen LogP contribution < -0.4 is 5.56 Å². The molecule has 1 aromatic carbocycles. The van der Waals surface area contributed by atoms with Gasteiger partial charge < -0.3 is 0 Å². The second-order valence-electron chi connectivity index (χ2n) is 3.43. The van der Waals surface area contributed by atoms with E-state index in [1.54, 1.807) is 6.07 Å². The first-order valence-electron chi connectivity index (χ1n) is 4.98. The minimum absolute atomic E-state index is 0.181. The molecule has 0 aliphatic carbocycles. The summed E-state index contributed by atoms with van der Waals surface area (Å²) >= 11 is 3.39. The highest BCUT2D eigenvalue weighted by Gasteiger charge is 2.02. The Balaban J connectivity index is 2.50. The molecule has 0 bridgehead atoms. The van der Waals surface area contributed by atoms with E-state index in [2.05, 4.69) is 26.9 Å². The summed E-state index contributed by atoms with van der Waals surface area (Å²) < 4.78 is 2.24. The molecule has 17 heavy (non-hydrogen) atoms. The van der Waals surface area contributed by atoms with Crippen molar-refractivity contribution in [3.05, 3.63) is 51.2 Å². The van der Waals surface area contributed by atoms with Crippen molar-refractivity contribution < 1.29 is 0 Å². The molecule has 0 radical (unpaired) electrons.